The van der Waals surface area contributed by atoms with Crippen molar-refractivity contribution < 1.29 is 14.3 Å². The molecule has 0 aromatic heterocycles. The number of rotatable bonds is 5. The first-order valence-corrected chi connectivity index (χ1v) is 10.3. The smallest absolute Gasteiger partial charge is 0.323 e. The van der Waals surface area contributed by atoms with E-state index in [9.17, 15) is 9.59 Å². The highest BCUT2D eigenvalue weighted by molar-refractivity contribution is 6.00. The number of nitrogens with zero attached hydrogens (tertiary/aromatic N) is 1. The van der Waals surface area contributed by atoms with Gasteiger partial charge in [-0.05, 0) is 66.9 Å². The lowest BCUT2D eigenvalue weighted by Crippen LogP contribution is -2.30. The molecule has 3 aromatic carbocycles. The summed E-state index contributed by atoms with van der Waals surface area (Å²) in [5.41, 5.74) is 3.06. The molecule has 0 saturated carbocycles. The molecule has 1 fully saturated rings. The first-order valence-electron chi connectivity index (χ1n) is 10.3. The maximum atomic E-state index is 13.1. The van der Waals surface area contributed by atoms with Gasteiger partial charge in [-0.25, -0.2) is 4.79 Å². The Bertz CT molecular complexity index is 1030. The van der Waals surface area contributed by atoms with E-state index >= 15 is 0 Å². The highest BCUT2D eigenvalue weighted by atomic mass is 16.5. The molecule has 1 saturated heterocycles. The molecule has 1 unspecified atom stereocenters. The Morgan fingerprint density at radius 2 is 1.52 bits per heavy atom. The molecule has 0 bridgehead atoms. The summed E-state index contributed by atoms with van der Waals surface area (Å²) in [5, 5.41) is 5.56. The van der Waals surface area contributed by atoms with Crippen LogP contribution in [-0.2, 0) is 0 Å². The van der Waals surface area contributed by atoms with E-state index in [4.69, 9.17) is 4.74 Å². The standard InChI is InChI=1S/C25H25N3O3/c1-31-22-15-11-18(12-16-22)23-8-5-17-28(23)24(29)19-9-13-21(14-10-19)27-25(30)26-20-6-3-2-4-7-20/h2-4,6-7,9-16,23H,5,8,17H2,1H3,(H2,26,27,30). The molecule has 158 valence electrons. The number of urea groups is 1. The van der Waals surface area contributed by atoms with Gasteiger partial charge in [0, 0.05) is 23.5 Å². The lowest BCUT2D eigenvalue weighted by molar-refractivity contribution is 0.0735. The number of para-hydroxylation sites is 1. The maximum Gasteiger partial charge on any atom is 0.323 e. The topological polar surface area (TPSA) is 70.7 Å². The monoisotopic (exact) mass is 415 g/mol. The number of carbonyl (C=O) groups excluding carboxylic acids is 2. The van der Waals surface area contributed by atoms with Crippen LogP contribution in [0.5, 0.6) is 5.75 Å². The van der Waals surface area contributed by atoms with E-state index in [1.807, 2.05) is 59.5 Å². The number of hydrogen-bond acceptors (Lipinski definition) is 3. The van der Waals surface area contributed by atoms with E-state index in [2.05, 4.69) is 10.6 Å². The molecular formula is C25H25N3O3. The number of likely N-dealkylation sites (tertiary alicyclic amines) is 1. The van der Waals surface area contributed by atoms with Crippen LogP contribution < -0.4 is 15.4 Å². The van der Waals surface area contributed by atoms with Crippen molar-refractivity contribution in [1.82, 2.24) is 4.90 Å². The van der Waals surface area contributed by atoms with Crippen molar-refractivity contribution in [1.29, 1.82) is 0 Å². The number of carbonyl (C=O) groups is 2. The fraction of sp³-hybridized carbons (Fsp3) is 0.200. The second-order valence-electron chi connectivity index (χ2n) is 7.45. The van der Waals surface area contributed by atoms with Gasteiger partial charge in [-0.15, -0.1) is 0 Å². The van der Waals surface area contributed by atoms with Gasteiger partial charge < -0.3 is 20.3 Å². The Hall–Kier alpha value is -3.80. The molecule has 0 aliphatic carbocycles. The number of hydrogen-bond donors (Lipinski definition) is 2. The van der Waals surface area contributed by atoms with Gasteiger partial charge in [0.15, 0.2) is 0 Å². The first kappa shape index (κ1) is 20.5. The zero-order chi connectivity index (χ0) is 21.6. The quantitative estimate of drug-likeness (QED) is 0.593. The summed E-state index contributed by atoms with van der Waals surface area (Å²) in [4.78, 5) is 27.2. The third kappa shape index (κ3) is 4.86. The normalized spacial score (nSPS) is 15.4. The largest absolute Gasteiger partial charge is 0.497 e. The van der Waals surface area contributed by atoms with E-state index in [0.717, 1.165) is 30.7 Å². The lowest BCUT2D eigenvalue weighted by atomic mass is 10.0. The SMILES string of the molecule is COc1ccc(C2CCCN2C(=O)c2ccc(NC(=O)Nc3ccccc3)cc2)cc1. The summed E-state index contributed by atoms with van der Waals surface area (Å²) in [5.74, 6) is 0.803. The van der Waals surface area contributed by atoms with Crippen molar-refractivity contribution in [2.45, 2.75) is 18.9 Å². The molecule has 4 rings (SSSR count). The van der Waals surface area contributed by atoms with E-state index in [-0.39, 0.29) is 18.0 Å². The second kappa shape index (κ2) is 9.34. The zero-order valence-electron chi connectivity index (χ0n) is 17.4. The van der Waals surface area contributed by atoms with Crippen molar-refractivity contribution in [3.8, 4) is 5.75 Å². The second-order valence-corrected chi connectivity index (χ2v) is 7.45. The van der Waals surface area contributed by atoms with Gasteiger partial charge in [-0.3, -0.25) is 4.79 Å². The average Bonchev–Trinajstić information content (AvgIpc) is 3.30. The van der Waals surface area contributed by atoms with Gasteiger partial charge in [0.1, 0.15) is 5.75 Å². The van der Waals surface area contributed by atoms with Crippen molar-refractivity contribution in [3.05, 3.63) is 90.0 Å². The summed E-state index contributed by atoms with van der Waals surface area (Å²) in [6, 6.07) is 23.9. The predicted octanol–water partition coefficient (Wildman–Crippen LogP) is 5.32. The predicted molar refractivity (Wildman–Crippen MR) is 122 cm³/mol. The summed E-state index contributed by atoms with van der Waals surface area (Å²) >= 11 is 0. The number of benzene rings is 3. The fourth-order valence-electron chi connectivity index (χ4n) is 3.86. The number of ether oxygens (including phenoxy) is 1. The number of anilines is 2. The van der Waals surface area contributed by atoms with Crippen LogP contribution in [-0.4, -0.2) is 30.5 Å². The summed E-state index contributed by atoms with van der Waals surface area (Å²) in [7, 11) is 1.64. The van der Waals surface area contributed by atoms with E-state index in [0.29, 0.717) is 16.9 Å². The lowest BCUT2D eigenvalue weighted by Gasteiger charge is -2.25. The van der Waals surface area contributed by atoms with Crippen LogP contribution in [0.15, 0.2) is 78.9 Å². The number of nitrogens with one attached hydrogen (secondary N) is 2. The Labute approximate surface area is 181 Å². The molecule has 3 amide bonds. The van der Waals surface area contributed by atoms with Crippen molar-refractivity contribution in [3.63, 3.8) is 0 Å². The van der Waals surface area contributed by atoms with Gasteiger partial charge in [-0.1, -0.05) is 30.3 Å². The maximum absolute atomic E-state index is 13.1. The Balaban J connectivity index is 1.40. The molecule has 1 aliphatic heterocycles. The van der Waals surface area contributed by atoms with Crippen LogP contribution in [0.1, 0.15) is 34.8 Å². The van der Waals surface area contributed by atoms with Crippen LogP contribution in [0.4, 0.5) is 16.2 Å². The molecule has 3 aromatic rings. The zero-order valence-corrected chi connectivity index (χ0v) is 17.4. The summed E-state index contributed by atoms with van der Waals surface area (Å²) in [6.45, 7) is 0.731. The van der Waals surface area contributed by atoms with Crippen LogP contribution >= 0.6 is 0 Å². The van der Waals surface area contributed by atoms with Crippen molar-refractivity contribution in [2.75, 3.05) is 24.3 Å². The molecule has 6 nitrogen and oxygen atoms in total. The van der Waals surface area contributed by atoms with Gasteiger partial charge >= 0.3 is 6.03 Å². The van der Waals surface area contributed by atoms with E-state index in [1.165, 1.54) is 0 Å². The number of methoxy groups -OCH3 is 1. The third-order valence-electron chi connectivity index (χ3n) is 5.44. The molecule has 1 aliphatic rings. The minimum Gasteiger partial charge on any atom is -0.497 e. The fourth-order valence-corrected chi connectivity index (χ4v) is 3.86. The van der Waals surface area contributed by atoms with Crippen LogP contribution in [0.2, 0.25) is 0 Å². The highest BCUT2D eigenvalue weighted by Crippen LogP contribution is 2.34. The summed E-state index contributed by atoms with van der Waals surface area (Å²) in [6.07, 6.45) is 1.92. The molecule has 2 N–H and O–H groups in total. The molecule has 1 heterocycles. The minimum atomic E-state index is -0.329. The number of amides is 3. The van der Waals surface area contributed by atoms with Gasteiger partial charge in [-0.2, -0.15) is 0 Å². The third-order valence-corrected chi connectivity index (χ3v) is 5.44. The van der Waals surface area contributed by atoms with E-state index in [1.54, 1.807) is 31.4 Å². The van der Waals surface area contributed by atoms with Gasteiger partial charge in [0.2, 0.25) is 0 Å². The minimum absolute atomic E-state index is 0.00129. The Kier molecular flexibility index (Phi) is 6.17. The van der Waals surface area contributed by atoms with E-state index < -0.39 is 0 Å². The molecule has 31 heavy (non-hydrogen) atoms. The molecule has 0 radical (unpaired) electrons. The van der Waals surface area contributed by atoms with Crippen molar-refractivity contribution in [2.24, 2.45) is 0 Å². The molecule has 0 spiro atoms. The Morgan fingerprint density at radius 3 is 2.16 bits per heavy atom. The molecule has 6 heteroatoms. The van der Waals surface area contributed by atoms with Gasteiger partial charge in [0.05, 0.1) is 13.2 Å². The summed E-state index contributed by atoms with van der Waals surface area (Å²) < 4.78 is 5.23. The first-order chi connectivity index (χ1) is 15.1. The van der Waals surface area contributed by atoms with Crippen LogP contribution in [0.25, 0.3) is 0 Å². The van der Waals surface area contributed by atoms with Crippen molar-refractivity contribution >= 4 is 23.3 Å². The molecule has 1 atom stereocenters. The van der Waals surface area contributed by atoms with Gasteiger partial charge in [0.25, 0.3) is 5.91 Å². The Morgan fingerprint density at radius 1 is 0.871 bits per heavy atom. The average molecular weight is 415 g/mol. The molecular weight excluding hydrogens is 390 g/mol. The highest BCUT2D eigenvalue weighted by Gasteiger charge is 2.30. The van der Waals surface area contributed by atoms with Crippen LogP contribution in [0.3, 0.4) is 0 Å². The van der Waals surface area contributed by atoms with Crippen LogP contribution in [0, 0.1) is 0 Å².